The van der Waals surface area contributed by atoms with Gasteiger partial charge in [-0.25, -0.2) is 4.98 Å². The second kappa shape index (κ2) is 6.38. The van der Waals surface area contributed by atoms with Crippen molar-refractivity contribution in [3.8, 4) is 0 Å². The van der Waals surface area contributed by atoms with Crippen molar-refractivity contribution in [2.24, 2.45) is 5.41 Å². The number of aromatic nitrogens is 1. The van der Waals surface area contributed by atoms with E-state index in [-0.39, 0.29) is 11.3 Å². The van der Waals surface area contributed by atoms with Crippen LogP contribution in [0.4, 0.5) is 0 Å². The van der Waals surface area contributed by atoms with Crippen molar-refractivity contribution < 1.29 is 4.79 Å². The van der Waals surface area contributed by atoms with E-state index in [4.69, 9.17) is 11.6 Å². The molecule has 0 aliphatic heterocycles. The highest BCUT2D eigenvalue weighted by Crippen LogP contribution is 2.18. The van der Waals surface area contributed by atoms with Crippen LogP contribution in [0.25, 0.3) is 0 Å². The van der Waals surface area contributed by atoms with E-state index in [1.165, 1.54) is 0 Å². The van der Waals surface area contributed by atoms with Crippen LogP contribution in [0.3, 0.4) is 0 Å². The molecule has 0 N–H and O–H groups in total. The van der Waals surface area contributed by atoms with Gasteiger partial charge in [-0.05, 0) is 24.0 Å². The van der Waals surface area contributed by atoms with Crippen LogP contribution in [0.5, 0.6) is 0 Å². The number of hydrogen-bond donors (Lipinski definition) is 0. The average molecular weight is 283 g/mol. The molecular formula is C15H23ClN2O. The minimum Gasteiger partial charge on any atom is -0.341 e. The molecule has 1 heterocycles. The number of pyridine rings is 1. The maximum atomic E-state index is 12.4. The molecule has 0 saturated carbocycles. The molecule has 3 nitrogen and oxygen atoms in total. The van der Waals surface area contributed by atoms with Gasteiger partial charge in [0.2, 0.25) is 0 Å². The second-order valence-electron chi connectivity index (χ2n) is 6.14. The third kappa shape index (κ3) is 5.19. The monoisotopic (exact) mass is 282 g/mol. The maximum absolute atomic E-state index is 12.4. The Hall–Kier alpha value is -1.09. The molecule has 0 aliphatic carbocycles. The van der Waals surface area contributed by atoms with Gasteiger partial charge in [-0.2, -0.15) is 0 Å². The second-order valence-corrected chi connectivity index (χ2v) is 6.53. The van der Waals surface area contributed by atoms with Crippen LogP contribution in [0.15, 0.2) is 12.1 Å². The highest BCUT2D eigenvalue weighted by Gasteiger charge is 2.19. The van der Waals surface area contributed by atoms with Gasteiger partial charge in [-0.15, -0.1) is 0 Å². The molecule has 1 aromatic heterocycles. The lowest BCUT2D eigenvalue weighted by Gasteiger charge is -2.26. The molecule has 1 amide bonds. The summed E-state index contributed by atoms with van der Waals surface area (Å²) in [5.41, 5.74) is 1.57. The Morgan fingerprint density at radius 3 is 2.53 bits per heavy atom. The van der Waals surface area contributed by atoms with Crippen molar-refractivity contribution in [2.45, 2.75) is 40.5 Å². The number of hydrogen-bond acceptors (Lipinski definition) is 2. The summed E-state index contributed by atoms with van der Waals surface area (Å²) in [6, 6.07) is 3.49. The van der Waals surface area contributed by atoms with Crippen LogP contribution in [-0.4, -0.2) is 29.4 Å². The molecule has 0 saturated heterocycles. The van der Waals surface area contributed by atoms with Gasteiger partial charge < -0.3 is 4.90 Å². The lowest BCUT2D eigenvalue weighted by atomic mass is 9.96. The average Bonchev–Trinajstić information content (AvgIpc) is 2.25. The van der Waals surface area contributed by atoms with Crippen molar-refractivity contribution in [1.82, 2.24) is 9.88 Å². The van der Waals surface area contributed by atoms with Crippen LogP contribution < -0.4 is 0 Å². The Morgan fingerprint density at radius 1 is 1.37 bits per heavy atom. The van der Waals surface area contributed by atoms with Gasteiger partial charge in [0.25, 0.3) is 5.91 Å². The van der Waals surface area contributed by atoms with E-state index >= 15 is 0 Å². The lowest BCUT2D eigenvalue weighted by molar-refractivity contribution is 0.0745. The number of aryl methyl sites for hydroxylation is 1. The number of rotatable bonds is 4. The van der Waals surface area contributed by atoms with E-state index in [1.54, 1.807) is 11.0 Å². The summed E-state index contributed by atoms with van der Waals surface area (Å²) >= 11 is 5.99. The first-order chi connectivity index (χ1) is 8.73. The number of carbonyl (C=O) groups excluding carboxylic acids is 1. The summed E-state index contributed by atoms with van der Waals surface area (Å²) in [4.78, 5) is 18.3. The summed E-state index contributed by atoms with van der Waals surface area (Å²) in [5.74, 6) is -0.00317. The van der Waals surface area contributed by atoms with E-state index in [1.807, 2.05) is 13.1 Å². The molecular weight excluding hydrogens is 260 g/mol. The summed E-state index contributed by atoms with van der Waals surface area (Å²) in [6.45, 7) is 9.11. The largest absolute Gasteiger partial charge is 0.341 e. The summed E-state index contributed by atoms with van der Waals surface area (Å²) in [7, 11) is 1.82. The molecule has 1 aromatic rings. The van der Waals surface area contributed by atoms with Crippen LogP contribution >= 0.6 is 11.6 Å². The standard InChI is InChI=1S/C15H23ClN2O/c1-6-7-12-8-11(9-13(16)17-12)14(19)18(5)10-15(2,3)4/h8-9H,6-7,10H2,1-5H3. The first-order valence-corrected chi connectivity index (χ1v) is 7.02. The van der Waals surface area contributed by atoms with Crippen LogP contribution in [0.1, 0.15) is 50.2 Å². The zero-order valence-corrected chi connectivity index (χ0v) is 13.2. The smallest absolute Gasteiger partial charge is 0.253 e. The Morgan fingerprint density at radius 2 is 2.00 bits per heavy atom. The third-order valence-corrected chi connectivity index (χ3v) is 2.85. The fourth-order valence-electron chi connectivity index (χ4n) is 2.06. The van der Waals surface area contributed by atoms with Gasteiger partial charge in [0.15, 0.2) is 0 Å². The van der Waals surface area contributed by atoms with Crippen LogP contribution in [0.2, 0.25) is 5.15 Å². The molecule has 0 unspecified atom stereocenters. The van der Waals surface area contributed by atoms with Crippen LogP contribution in [0, 0.1) is 5.41 Å². The Balaban J connectivity index is 2.92. The molecule has 0 spiro atoms. The van der Waals surface area contributed by atoms with E-state index in [2.05, 4.69) is 32.7 Å². The Labute approximate surface area is 121 Å². The molecule has 19 heavy (non-hydrogen) atoms. The molecule has 4 heteroatoms. The molecule has 0 atom stereocenters. The molecule has 0 radical (unpaired) electrons. The SMILES string of the molecule is CCCc1cc(C(=O)N(C)CC(C)(C)C)cc(Cl)n1. The van der Waals surface area contributed by atoms with Crippen molar-refractivity contribution in [2.75, 3.05) is 13.6 Å². The highest BCUT2D eigenvalue weighted by molar-refractivity contribution is 6.29. The molecule has 106 valence electrons. The van der Waals surface area contributed by atoms with Crippen molar-refractivity contribution in [3.05, 3.63) is 28.5 Å². The molecule has 0 fully saturated rings. The van der Waals surface area contributed by atoms with Gasteiger partial charge >= 0.3 is 0 Å². The first-order valence-electron chi connectivity index (χ1n) is 6.65. The minimum atomic E-state index is -0.00317. The Kier molecular flexibility index (Phi) is 5.36. The topological polar surface area (TPSA) is 33.2 Å². The molecule has 0 bridgehead atoms. The number of carbonyl (C=O) groups is 1. The lowest BCUT2D eigenvalue weighted by Crippen LogP contribution is -2.34. The van der Waals surface area contributed by atoms with Gasteiger partial charge in [0.05, 0.1) is 0 Å². The summed E-state index contributed by atoms with van der Waals surface area (Å²) in [6.07, 6.45) is 1.82. The van der Waals surface area contributed by atoms with E-state index < -0.39 is 0 Å². The van der Waals surface area contributed by atoms with Crippen molar-refractivity contribution in [3.63, 3.8) is 0 Å². The quantitative estimate of drug-likeness (QED) is 0.787. The summed E-state index contributed by atoms with van der Waals surface area (Å²) in [5, 5.41) is 0.387. The van der Waals surface area contributed by atoms with Gasteiger partial charge in [0, 0.05) is 24.8 Å². The number of halogens is 1. The van der Waals surface area contributed by atoms with Crippen molar-refractivity contribution >= 4 is 17.5 Å². The van der Waals surface area contributed by atoms with Crippen molar-refractivity contribution in [1.29, 1.82) is 0 Å². The number of amides is 1. The predicted octanol–water partition coefficient (Wildman–Crippen LogP) is 3.81. The minimum absolute atomic E-state index is 0.00317. The third-order valence-electron chi connectivity index (χ3n) is 2.66. The normalized spacial score (nSPS) is 11.5. The number of nitrogens with zero attached hydrogens (tertiary/aromatic N) is 2. The van der Waals surface area contributed by atoms with Gasteiger partial charge in [-0.3, -0.25) is 4.79 Å². The maximum Gasteiger partial charge on any atom is 0.253 e. The zero-order valence-electron chi connectivity index (χ0n) is 12.5. The van der Waals surface area contributed by atoms with E-state index in [0.29, 0.717) is 17.3 Å². The fraction of sp³-hybridized carbons (Fsp3) is 0.600. The summed E-state index contributed by atoms with van der Waals surface area (Å²) < 4.78 is 0. The fourth-order valence-corrected chi connectivity index (χ4v) is 2.29. The van der Waals surface area contributed by atoms with E-state index in [9.17, 15) is 4.79 Å². The van der Waals surface area contributed by atoms with E-state index in [0.717, 1.165) is 18.5 Å². The zero-order chi connectivity index (χ0) is 14.6. The van der Waals surface area contributed by atoms with Crippen LogP contribution in [-0.2, 0) is 6.42 Å². The van der Waals surface area contributed by atoms with Gasteiger partial charge in [-0.1, -0.05) is 45.7 Å². The predicted molar refractivity (Wildman–Crippen MR) is 79.7 cm³/mol. The molecule has 1 rings (SSSR count). The highest BCUT2D eigenvalue weighted by atomic mass is 35.5. The van der Waals surface area contributed by atoms with Gasteiger partial charge in [0.1, 0.15) is 5.15 Å². The Bertz CT molecular complexity index is 452. The first kappa shape index (κ1) is 16.0. The molecule has 0 aromatic carbocycles. The molecule has 0 aliphatic rings.